The summed E-state index contributed by atoms with van der Waals surface area (Å²) in [4.78, 5) is 0. The van der Waals surface area contributed by atoms with Crippen molar-refractivity contribution in [3.63, 3.8) is 0 Å². The van der Waals surface area contributed by atoms with Gasteiger partial charge in [0.25, 0.3) is 0 Å². The van der Waals surface area contributed by atoms with E-state index in [-0.39, 0.29) is 0 Å². The summed E-state index contributed by atoms with van der Waals surface area (Å²) in [5.41, 5.74) is 2.92. The van der Waals surface area contributed by atoms with Crippen LogP contribution in [0.15, 0.2) is 72.8 Å². The molecule has 0 amide bonds. The second-order valence-corrected chi connectivity index (χ2v) is 6.11. The van der Waals surface area contributed by atoms with Crippen LogP contribution in [0.3, 0.4) is 0 Å². The van der Waals surface area contributed by atoms with Gasteiger partial charge < -0.3 is 0 Å². The fourth-order valence-electron chi connectivity index (χ4n) is 2.94. The number of rotatable bonds is 8. The molecule has 0 aliphatic carbocycles. The van der Waals surface area contributed by atoms with E-state index >= 15 is 0 Å². The van der Waals surface area contributed by atoms with Crippen molar-refractivity contribution >= 4 is 0 Å². The van der Waals surface area contributed by atoms with Crippen LogP contribution >= 0.6 is 0 Å². The Kier molecular flexibility index (Phi) is 6.96. The summed E-state index contributed by atoms with van der Waals surface area (Å²) < 4.78 is 0. The van der Waals surface area contributed by atoms with E-state index in [1.807, 2.05) is 0 Å². The van der Waals surface area contributed by atoms with Crippen molar-refractivity contribution in [1.82, 2.24) is 0 Å². The molecular weight excluding hydrogens is 264 g/mol. The molecule has 0 aliphatic heterocycles. The van der Waals surface area contributed by atoms with Crippen molar-refractivity contribution in [3.8, 4) is 0 Å². The maximum Gasteiger partial charge on any atom is -0.0130 e. The average molecular weight is 292 g/mol. The van der Waals surface area contributed by atoms with E-state index < -0.39 is 0 Å². The lowest BCUT2D eigenvalue weighted by Gasteiger charge is -2.13. The monoisotopic (exact) mass is 292 g/mol. The van der Waals surface area contributed by atoms with Crippen LogP contribution in [-0.2, 0) is 0 Å². The molecule has 0 heterocycles. The Labute approximate surface area is 135 Å². The quantitative estimate of drug-likeness (QED) is 0.474. The minimum absolute atomic E-state index is 0.641. The highest BCUT2D eigenvalue weighted by Crippen LogP contribution is 2.24. The van der Waals surface area contributed by atoms with E-state index in [0.717, 1.165) is 6.42 Å². The smallest absolute Gasteiger partial charge is 0.0130 e. The van der Waals surface area contributed by atoms with Crippen LogP contribution in [0.4, 0.5) is 0 Å². The zero-order valence-corrected chi connectivity index (χ0v) is 13.9. The topological polar surface area (TPSA) is 0 Å². The van der Waals surface area contributed by atoms with E-state index in [1.165, 1.54) is 30.4 Å². The Morgan fingerprint density at radius 2 is 1.41 bits per heavy atom. The molecule has 0 heteroatoms. The zero-order valence-electron chi connectivity index (χ0n) is 13.9. The van der Waals surface area contributed by atoms with Crippen molar-refractivity contribution in [2.75, 3.05) is 0 Å². The van der Waals surface area contributed by atoms with Crippen molar-refractivity contribution in [2.24, 2.45) is 0 Å². The van der Waals surface area contributed by atoms with Gasteiger partial charge in [0.2, 0.25) is 0 Å². The highest BCUT2D eigenvalue weighted by Gasteiger charge is 2.06. The molecule has 2 aromatic carbocycles. The second kappa shape index (κ2) is 9.25. The predicted octanol–water partition coefficient (Wildman–Crippen LogP) is 6.71. The van der Waals surface area contributed by atoms with Crippen molar-refractivity contribution in [3.05, 3.63) is 83.9 Å². The van der Waals surface area contributed by atoms with Gasteiger partial charge in [0.05, 0.1) is 0 Å². The summed E-state index contributed by atoms with van der Waals surface area (Å²) >= 11 is 0. The summed E-state index contributed by atoms with van der Waals surface area (Å²) in [6.07, 6.45) is 9.49. The van der Waals surface area contributed by atoms with Crippen LogP contribution in [0.2, 0.25) is 0 Å². The molecular formula is C22H28. The van der Waals surface area contributed by atoms with E-state index in [1.54, 1.807) is 0 Å². The summed E-state index contributed by atoms with van der Waals surface area (Å²) in [6, 6.07) is 21.7. The van der Waals surface area contributed by atoms with Crippen LogP contribution in [0.25, 0.3) is 0 Å². The molecule has 2 atom stereocenters. The molecule has 0 N–H and O–H groups in total. The number of allylic oxidation sites excluding steroid dienone is 2. The van der Waals surface area contributed by atoms with Gasteiger partial charge in [-0.15, -0.1) is 0 Å². The van der Waals surface area contributed by atoms with Gasteiger partial charge in [-0.2, -0.15) is 0 Å². The number of hydrogen-bond donors (Lipinski definition) is 0. The SMILES string of the molecule is CCC(C/C=C\CCC(C)c1ccccc1)c1ccccc1. The Balaban J connectivity index is 1.76. The molecule has 0 radical (unpaired) electrons. The van der Waals surface area contributed by atoms with Gasteiger partial charge in [-0.25, -0.2) is 0 Å². The van der Waals surface area contributed by atoms with E-state index in [0.29, 0.717) is 11.8 Å². The summed E-state index contributed by atoms with van der Waals surface area (Å²) in [6.45, 7) is 4.60. The predicted molar refractivity (Wildman–Crippen MR) is 97.3 cm³/mol. The molecule has 22 heavy (non-hydrogen) atoms. The molecule has 0 bridgehead atoms. The van der Waals surface area contributed by atoms with E-state index in [9.17, 15) is 0 Å². The molecule has 0 saturated carbocycles. The van der Waals surface area contributed by atoms with Gasteiger partial charge >= 0.3 is 0 Å². The fraction of sp³-hybridized carbons (Fsp3) is 0.364. The number of benzene rings is 2. The lowest BCUT2D eigenvalue weighted by molar-refractivity contribution is 0.665. The first-order valence-electron chi connectivity index (χ1n) is 8.56. The average Bonchev–Trinajstić information content (AvgIpc) is 2.59. The lowest BCUT2D eigenvalue weighted by atomic mass is 9.92. The normalized spacial score (nSPS) is 14.1. The maximum absolute atomic E-state index is 2.37. The molecule has 2 unspecified atom stereocenters. The van der Waals surface area contributed by atoms with Gasteiger partial charge in [-0.05, 0) is 48.6 Å². The first-order chi connectivity index (χ1) is 10.8. The molecule has 0 fully saturated rings. The summed E-state index contributed by atoms with van der Waals surface area (Å²) in [5.74, 6) is 1.30. The summed E-state index contributed by atoms with van der Waals surface area (Å²) in [5, 5.41) is 0. The van der Waals surface area contributed by atoms with Gasteiger partial charge in [0, 0.05) is 0 Å². The highest BCUT2D eigenvalue weighted by molar-refractivity contribution is 5.20. The Morgan fingerprint density at radius 3 is 2.00 bits per heavy atom. The van der Waals surface area contributed by atoms with Gasteiger partial charge in [0.1, 0.15) is 0 Å². The molecule has 2 aromatic rings. The molecule has 2 rings (SSSR count). The van der Waals surface area contributed by atoms with Crippen LogP contribution in [0, 0.1) is 0 Å². The third-order valence-corrected chi connectivity index (χ3v) is 4.49. The Morgan fingerprint density at radius 1 is 0.818 bits per heavy atom. The highest BCUT2D eigenvalue weighted by atomic mass is 14.1. The standard InChI is InChI=1S/C22H28/c1-3-20(22-17-11-6-12-18-22)14-8-4-7-13-19(2)21-15-9-5-10-16-21/h4-6,8-12,15-20H,3,7,13-14H2,1-2H3/b8-4-. The Hall–Kier alpha value is -1.82. The molecule has 0 spiro atoms. The largest absolute Gasteiger partial charge is 0.0885 e. The van der Waals surface area contributed by atoms with Crippen molar-refractivity contribution in [2.45, 2.75) is 51.4 Å². The van der Waals surface area contributed by atoms with Gasteiger partial charge in [0.15, 0.2) is 0 Å². The van der Waals surface area contributed by atoms with Crippen molar-refractivity contribution < 1.29 is 0 Å². The Bertz CT molecular complexity index is 539. The van der Waals surface area contributed by atoms with E-state index in [4.69, 9.17) is 0 Å². The fourth-order valence-corrected chi connectivity index (χ4v) is 2.94. The molecule has 116 valence electrons. The van der Waals surface area contributed by atoms with Crippen molar-refractivity contribution in [1.29, 1.82) is 0 Å². The van der Waals surface area contributed by atoms with Crippen LogP contribution in [0.1, 0.15) is 62.5 Å². The lowest BCUT2D eigenvalue weighted by Crippen LogP contribution is -1.95. The maximum atomic E-state index is 2.37. The van der Waals surface area contributed by atoms with Crippen LogP contribution in [0.5, 0.6) is 0 Å². The van der Waals surface area contributed by atoms with E-state index in [2.05, 4.69) is 86.7 Å². The third kappa shape index (κ3) is 5.18. The third-order valence-electron chi connectivity index (χ3n) is 4.49. The molecule has 0 nitrogen and oxygen atoms in total. The van der Waals surface area contributed by atoms with Crippen LogP contribution < -0.4 is 0 Å². The first-order valence-corrected chi connectivity index (χ1v) is 8.56. The van der Waals surface area contributed by atoms with Crippen LogP contribution in [-0.4, -0.2) is 0 Å². The molecule has 0 aliphatic rings. The second-order valence-electron chi connectivity index (χ2n) is 6.11. The molecule has 0 aromatic heterocycles. The van der Waals surface area contributed by atoms with Gasteiger partial charge in [-0.1, -0.05) is 86.7 Å². The minimum atomic E-state index is 0.641. The van der Waals surface area contributed by atoms with Gasteiger partial charge in [-0.3, -0.25) is 0 Å². The molecule has 0 saturated heterocycles. The summed E-state index contributed by atoms with van der Waals surface area (Å²) in [7, 11) is 0. The minimum Gasteiger partial charge on any atom is -0.0885 e. The number of hydrogen-bond acceptors (Lipinski definition) is 0. The first kappa shape index (κ1) is 16.5. The zero-order chi connectivity index (χ0) is 15.6.